The van der Waals surface area contributed by atoms with E-state index in [9.17, 15) is 37.1 Å². The topological polar surface area (TPSA) is 122 Å². The predicted octanol–water partition coefficient (Wildman–Crippen LogP) is 3.41. The SMILES string of the molecule is C[C@H]1CC[C@@]2(ON=C(CF)[C@@H]2O)[C@H]2CN1C(=O)c1c(OCc3ccccc3)c(=O)c(C(=O)NCc3c(F)cc(F)cc3F)cn12. The Labute approximate surface area is 253 Å². The van der Waals surface area contributed by atoms with Crippen LogP contribution in [0.4, 0.5) is 17.6 Å². The molecular weight excluding hydrogens is 600 g/mol. The Hall–Kier alpha value is -4.72. The maximum atomic E-state index is 14.3. The first-order valence-electron chi connectivity index (χ1n) is 14.2. The van der Waals surface area contributed by atoms with Crippen LogP contribution >= 0.6 is 0 Å². The van der Waals surface area contributed by atoms with Gasteiger partial charge >= 0.3 is 0 Å². The Bertz CT molecular complexity index is 1740. The molecule has 1 fully saturated rings. The first-order valence-corrected chi connectivity index (χ1v) is 14.2. The zero-order chi connectivity index (χ0) is 32.0. The summed E-state index contributed by atoms with van der Waals surface area (Å²) >= 11 is 0. The Morgan fingerprint density at radius 1 is 1.18 bits per heavy atom. The van der Waals surface area contributed by atoms with E-state index in [0.29, 0.717) is 24.1 Å². The number of halogens is 4. The predicted molar refractivity (Wildman–Crippen MR) is 151 cm³/mol. The average Bonchev–Trinajstić information content (AvgIpc) is 3.27. The summed E-state index contributed by atoms with van der Waals surface area (Å²) in [4.78, 5) is 48.5. The molecule has 3 aliphatic rings. The number of pyridine rings is 1. The van der Waals surface area contributed by atoms with Gasteiger partial charge in [-0.1, -0.05) is 35.5 Å². The van der Waals surface area contributed by atoms with Gasteiger partial charge in [-0.15, -0.1) is 0 Å². The van der Waals surface area contributed by atoms with Gasteiger partial charge in [0.15, 0.2) is 17.0 Å². The number of carbonyl (C=O) groups is 2. The largest absolute Gasteiger partial charge is 0.483 e. The monoisotopic (exact) mass is 628 g/mol. The summed E-state index contributed by atoms with van der Waals surface area (Å²) < 4.78 is 63.0. The molecule has 4 heterocycles. The van der Waals surface area contributed by atoms with Crippen LogP contribution in [0.3, 0.4) is 0 Å². The van der Waals surface area contributed by atoms with Crippen LogP contribution in [0.15, 0.2) is 58.6 Å². The number of alkyl halides is 1. The number of aromatic nitrogens is 1. The fraction of sp³-hybridized carbons (Fsp3) is 0.355. The molecule has 0 unspecified atom stereocenters. The summed E-state index contributed by atoms with van der Waals surface area (Å²) in [6.45, 7) is -0.216. The Balaban J connectivity index is 1.47. The normalized spacial score (nSPS) is 23.7. The molecule has 2 N–H and O–H groups in total. The lowest BCUT2D eigenvalue weighted by atomic mass is 9.82. The second-order valence-electron chi connectivity index (χ2n) is 11.3. The van der Waals surface area contributed by atoms with E-state index in [0.717, 1.165) is 6.20 Å². The van der Waals surface area contributed by atoms with Gasteiger partial charge < -0.3 is 29.5 Å². The highest BCUT2D eigenvalue weighted by Crippen LogP contribution is 2.46. The van der Waals surface area contributed by atoms with Crippen LogP contribution < -0.4 is 15.5 Å². The van der Waals surface area contributed by atoms with Crippen molar-refractivity contribution < 1.29 is 41.8 Å². The van der Waals surface area contributed by atoms with Crippen LogP contribution in [-0.2, 0) is 18.0 Å². The molecule has 6 rings (SSSR count). The second kappa shape index (κ2) is 11.7. The molecule has 1 aromatic heterocycles. The molecular formula is C31H28F4N4O6. The maximum absolute atomic E-state index is 14.3. The molecule has 0 aliphatic carbocycles. The van der Waals surface area contributed by atoms with Gasteiger partial charge in [0, 0.05) is 43.0 Å². The number of aliphatic hydroxyl groups excluding tert-OH is 1. The van der Waals surface area contributed by atoms with Gasteiger partial charge in [0.05, 0.1) is 6.04 Å². The highest BCUT2D eigenvalue weighted by atomic mass is 19.1. The summed E-state index contributed by atoms with van der Waals surface area (Å²) in [5, 5.41) is 17.3. The van der Waals surface area contributed by atoms with E-state index in [1.807, 2.05) is 0 Å². The molecule has 1 saturated heterocycles. The summed E-state index contributed by atoms with van der Waals surface area (Å²) in [5.74, 6) is -5.72. The van der Waals surface area contributed by atoms with E-state index in [1.54, 1.807) is 37.3 Å². The van der Waals surface area contributed by atoms with Crippen LogP contribution in [0.5, 0.6) is 5.75 Å². The maximum Gasteiger partial charge on any atom is 0.274 e. The summed E-state index contributed by atoms with van der Waals surface area (Å²) in [7, 11) is 0. The summed E-state index contributed by atoms with van der Waals surface area (Å²) in [6.07, 6.45) is 0.0828. The van der Waals surface area contributed by atoms with Crippen molar-refractivity contribution in [2.75, 3.05) is 13.2 Å². The molecule has 1 spiro atoms. The van der Waals surface area contributed by atoms with Crippen LogP contribution in [0.25, 0.3) is 0 Å². The fourth-order valence-corrected chi connectivity index (χ4v) is 6.16. The molecule has 2 bridgehead atoms. The van der Waals surface area contributed by atoms with Gasteiger partial charge in [0.1, 0.15) is 48.1 Å². The molecule has 3 aliphatic heterocycles. The minimum Gasteiger partial charge on any atom is -0.483 e. The highest BCUT2D eigenvalue weighted by molar-refractivity contribution is 5.99. The Morgan fingerprint density at radius 2 is 1.89 bits per heavy atom. The molecule has 3 aromatic rings. The number of rotatable bonds is 7. The summed E-state index contributed by atoms with van der Waals surface area (Å²) in [6, 6.07) is 8.31. The van der Waals surface area contributed by atoms with Crippen molar-refractivity contribution >= 4 is 17.5 Å². The van der Waals surface area contributed by atoms with Crippen molar-refractivity contribution in [3.63, 3.8) is 0 Å². The number of benzene rings is 2. The van der Waals surface area contributed by atoms with E-state index in [4.69, 9.17) is 9.57 Å². The second-order valence-corrected chi connectivity index (χ2v) is 11.3. The number of nitrogens with one attached hydrogen (secondary N) is 1. The zero-order valence-corrected chi connectivity index (χ0v) is 23.9. The van der Waals surface area contributed by atoms with Crippen LogP contribution in [0, 0.1) is 17.5 Å². The van der Waals surface area contributed by atoms with Gasteiger partial charge in [-0.2, -0.15) is 0 Å². The number of hydrogen-bond acceptors (Lipinski definition) is 7. The highest BCUT2D eigenvalue weighted by Gasteiger charge is 2.59. The lowest BCUT2D eigenvalue weighted by molar-refractivity contribution is -0.114. The molecule has 0 radical (unpaired) electrons. The lowest BCUT2D eigenvalue weighted by Crippen LogP contribution is -2.56. The fourth-order valence-electron chi connectivity index (χ4n) is 6.16. The van der Waals surface area contributed by atoms with Gasteiger partial charge in [-0.25, -0.2) is 17.6 Å². The lowest BCUT2D eigenvalue weighted by Gasteiger charge is -2.43. The first kappa shape index (κ1) is 30.3. The first-order chi connectivity index (χ1) is 21.6. The molecule has 14 heteroatoms. The number of oxime groups is 1. The standard InChI is InChI=1S/C31H28F4N4O6/c1-16-7-8-31(28(41)23(11-32)37-45-31)24-14-38(16)30(43)25-27(44-15-17-5-3-2-4-6-17)26(40)20(13-39(24)25)29(42)36-12-19-21(34)9-18(33)10-22(19)35/h2-6,9-10,13,16,24,28,41H,7-8,11-12,14-15H2,1H3,(H,36,42)/t16-,24+,28-,31+/m0/s1. The quantitative estimate of drug-likeness (QED) is 0.387. The molecule has 10 nitrogen and oxygen atoms in total. The van der Waals surface area contributed by atoms with Gasteiger partial charge in [0.25, 0.3) is 11.8 Å². The van der Waals surface area contributed by atoms with Crippen molar-refractivity contribution in [1.82, 2.24) is 14.8 Å². The van der Waals surface area contributed by atoms with Crippen molar-refractivity contribution in [2.45, 2.75) is 56.7 Å². The number of aliphatic hydroxyl groups is 1. The molecule has 4 atom stereocenters. The van der Waals surface area contributed by atoms with Crippen molar-refractivity contribution in [1.29, 1.82) is 0 Å². The van der Waals surface area contributed by atoms with E-state index >= 15 is 0 Å². The molecule has 2 aromatic carbocycles. The van der Waals surface area contributed by atoms with Crippen LogP contribution in [0.1, 0.15) is 57.8 Å². The third kappa shape index (κ3) is 5.12. The number of fused-ring (bicyclic) bond motifs is 5. The van der Waals surface area contributed by atoms with E-state index in [2.05, 4.69) is 10.5 Å². The minimum atomic E-state index is -1.56. The molecule has 0 saturated carbocycles. The van der Waals surface area contributed by atoms with E-state index in [1.165, 1.54) is 9.47 Å². The molecule has 236 valence electrons. The molecule has 2 amide bonds. The zero-order valence-electron chi connectivity index (χ0n) is 23.9. The third-order valence-corrected chi connectivity index (χ3v) is 8.66. The van der Waals surface area contributed by atoms with Crippen molar-refractivity contribution in [3.05, 3.63) is 98.7 Å². The third-order valence-electron chi connectivity index (χ3n) is 8.66. The van der Waals surface area contributed by atoms with Crippen LogP contribution in [-0.4, -0.2) is 63.1 Å². The number of ether oxygens (including phenoxy) is 1. The van der Waals surface area contributed by atoms with Crippen LogP contribution in [0.2, 0.25) is 0 Å². The Morgan fingerprint density at radius 3 is 2.56 bits per heavy atom. The smallest absolute Gasteiger partial charge is 0.274 e. The van der Waals surface area contributed by atoms with Gasteiger partial charge in [0.2, 0.25) is 5.43 Å². The minimum absolute atomic E-state index is 0.0345. The van der Waals surface area contributed by atoms with E-state index in [-0.39, 0.29) is 37.0 Å². The Kier molecular flexibility index (Phi) is 7.85. The molecule has 45 heavy (non-hydrogen) atoms. The number of carbonyl (C=O) groups excluding carboxylic acids is 2. The average molecular weight is 629 g/mol. The van der Waals surface area contributed by atoms with Crippen molar-refractivity contribution in [3.8, 4) is 5.75 Å². The van der Waals surface area contributed by atoms with E-state index < -0.39 is 82.5 Å². The number of nitrogens with zero attached hydrogens (tertiary/aromatic N) is 3. The number of hydrogen-bond donors (Lipinski definition) is 2. The summed E-state index contributed by atoms with van der Waals surface area (Å²) in [5.41, 5.74) is -3.51. The van der Waals surface area contributed by atoms with Crippen molar-refractivity contribution in [2.24, 2.45) is 5.16 Å². The van der Waals surface area contributed by atoms with Gasteiger partial charge in [-0.3, -0.25) is 14.4 Å². The number of amides is 2. The van der Waals surface area contributed by atoms with Gasteiger partial charge in [-0.05, 0) is 25.3 Å².